The molecule has 2 aromatic rings. The predicted octanol–water partition coefficient (Wildman–Crippen LogP) is 4.26. The molecule has 0 aromatic heterocycles. The second kappa shape index (κ2) is 8.87. The maximum atomic E-state index is 12.3. The van der Waals surface area contributed by atoms with Gasteiger partial charge in [0, 0.05) is 0 Å². The lowest BCUT2D eigenvalue weighted by molar-refractivity contribution is 0.0504. The standard InChI is InChI=1S/C20H22O5/c1-4-13-23-19(21)15-9-11-16(12-10-15)20(22)25-18-8-6-5-7-17(18)24-14(2)3/h5-12,14H,4,13H2,1-3H3. The number of ether oxygens (including phenoxy) is 3. The molecule has 0 aliphatic heterocycles. The molecule has 0 N–H and O–H groups in total. The maximum absolute atomic E-state index is 12.3. The van der Waals surface area contributed by atoms with E-state index in [4.69, 9.17) is 14.2 Å². The number of esters is 2. The first kappa shape index (κ1) is 18.5. The molecule has 0 saturated heterocycles. The Labute approximate surface area is 147 Å². The number of carbonyl (C=O) groups excluding carboxylic acids is 2. The van der Waals surface area contributed by atoms with Crippen molar-refractivity contribution in [3.63, 3.8) is 0 Å². The summed E-state index contributed by atoms with van der Waals surface area (Å²) in [5.41, 5.74) is 0.736. The molecule has 0 aliphatic rings. The van der Waals surface area contributed by atoms with Crippen molar-refractivity contribution < 1.29 is 23.8 Å². The third kappa shape index (κ3) is 5.35. The molecule has 2 rings (SSSR count). The SMILES string of the molecule is CCCOC(=O)c1ccc(C(=O)Oc2ccccc2OC(C)C)cc1. The highest BCUT2D eigenvalue weighted by Gasteiger charge is 2.14. The van der Waals surface area contributed by atoms with Gasteiger partial charge in [-0.15, -0.1) is 0 Å². The molecule has 25 heavy (non-hydrogen) atoms. The van der Waals surface area contributed by atoms with Crippen LogP contribution in [0.5, 0.6) is 11.5 Å². The van der Waals surface area contributed by atoms with Crippen LogP contribution in [0.3, 0.4) is 0 Å². The zero-order valence-corrected chi connectivity index (χ0v) is 14.7. The lowest BCUT2D eigenvalue weighted by Crippen LogP contribution is -2.12. The summed E-state index contributed by atoms with van der Waals surface area (Å²) in [6.07, 6.45) is 0.724. The van der Waals surface area contributed by atoms with Gasteiger partial charge in [0.05, 0.1) is 23.8 Å². The minimum atomic E-state index is -0.520. The molecule has 5 heteroatoms. The Bertz CT molecular complexity index is 719. The summed E-state index contributed by atoms with van der Waals surface area (Å²) >= 11 is 0. The summed E-state index contributed by atoms with van der Waals surface area (Å²) in [7, 11) is 0. The van der Waals surface area contributed by atoms with Crippen molar-refractivity contribution >= 4 is 11.9 Å². The highest BCUT2D eigenvalue weighted by Crippen LogP contribution is 2.28. The van der Waals surface area contributed by atoms with Crippen LogP contribution in [0.1, 0.15) is 47.9 Å². The van der Waals surface area contributed by atoms with Crippen molar-refractivity contribution in [2.24, 2.45) is 0 Å². The van der Waals surface area contributed by atoms with Crippen LogP contribution in [0.2, 0.25) is 0 Å². The Morgan fingerprint density at radius 2 is 1.44 bits per heavy atom. The molecule has 0 amide bonds. The Balaban J connectivity index is 2.08. The van der Waals surface area contributed by atoms with Crippen molar-refractivity contribution in [2.75, 3.05) is 6.61 Å². The average molecular weight is 342 g/mol. The van der Waals surface area contributed by atoms with E-state index in [1.54, 1.807) is 30.3 Å². The smallest absolute Gasteiger partial charge is 0.343 e. The number of para-hydroxylation sites is 2. The van der Waals surface area contributed by atoms with E-state index in [1.165, 1.54) is 12.1 Å². The van der Waals surface area contributed by atoms with Gasteiger partial charge in [-0.3, -0.25) is 0 Å². The number of hydrogen-bond donors (Lipinski definition) is 0. The Morgan fingerprint density at radius 3 is 2.00 bits per heavy atom. The Kier molecular flexibility index (Phi) is 6.57. The van der Waals surface area contributed by atoms with Gasteiger partial charge in [-0.2, -0.15) is 0 Å². The van der Waals surface area contributed by atoms with Gasteiger partial charge in [0.2, 0.25) is 0 Å². The van der Waals surface area contributed by atoms with E-state index in [1.807, 2.05) is 26.8 Å². The van der Waals surface area contributed by atoms with Crippen molar-refractivity contribution in [3.8, 4) is 11.5 Å². The molecule has 2 aromatic carbocycles. The van der Waals surface area contributed by atoms with Crippen LogP contribution in [0.15, 0.2) is 48.5 Å². The fourth-order valence-corrected chi connectivity index (χ4v) is 2.07. The Hall–Kier alpha value is -2.82. The van der Waals surface area contributed by atoms with E-state index in [0.717, 1.165) is 6.42 Å². The van der Waals surface area contributed by atoms with E-state index in [0.29, 0.717) is 29.2 Å². The zero-order valence-electron chi connectivity index (χ0n) is 14.7. The molecule has 132 valence electrons. The fourth-order valence-electron chi connectivity index (χ4n) is 2.07. The topological polar surface area (TPSA) is 61.8 Å². The van der Waals surface area contributed by atoms with Crippen LogP contribution in [-0.4, -0.2) is 24.6 Å². The molecule has 0 heterocycles. The highest BCUT2D eigenvalue weighted by molar-refractivity contribution is 5.94. The molecule has 0 unspecified atom stereocenters. The van der Waals surface area contributed by atoms with Gasteiger partial charge in [0.15, 0.2) is 11.5 Å². The van der Waals surface area contributed by atoms with E-state index < -0.39 is 11.9 Å². The third-order valence-electron chi connectivity index (χ3n) is 3.21. The summed E-state index contributed by atoms with van der Waals surface area (Å²) < 4.78 is 16.1. The quantitative estimate of drug-likeness (QED) is 0.556. The van der Waals surface area contributed by atoms with Crippen LogP contribution >= 0.6 is 0 Å². The van der Waals surface area contributed by atoms with E-state index in [2.05, 4.69) is 0 Å². The van der Waals surface area contributed by atoms with Crippen molar-refractivity contribution in [3.05, 3.63) is 59.7 Å². The van der Waals surface area contributed by atoms with Gasteiger partial charge < -0.3 is 14.2 Å². The first-order chi connectivity index (χ1) is 12.0. The van der Waals surface area contributed by atoms with Gasteiger partial charge in [-0.1, -0.05) is 19.1 Å². The number of hydrogen-bond acceptors (Lipinski definition) is 5. The van der Waals surface area contributed by atoms with Crippen molar-refractivity contribution in [1.82, 2.24) is 0 Å². The van der Waals surface area contributed by atoms with E-state index in [-0.39, 0.29) is 6.10 Å². The third-order valence-corrected chi connectivity index (χ3v) is 3.21. The number of rotatable bonds is 7. The molecule has 5 nitrogen and oxygen atoms in total. The molecule has 0 bridgehead atoms. The molecular weight excluding hydrogens is 320 g/mol. The fraction of sp³-hybridized carbons (Fsp3) is 0.300. The van der Waals surface area contributed by atoms with Crippen molar-refractivity contribution in [1.29, 1.82) is 0 Å². The molecule has 0 atom stereocenters. The molecule has 0 spiro atoms. The highest BCUT2D eigenvalue weighted by atomic mass is 16.6. The second-order valence-electron chi connectivity index (χ2n) is 5.72. The summed E-state index contributed by atoms with van der Waals surface area (Å²) in [6, 6.07) is 13.2. The second-order valence-corrected chi connectivity index (χ2v) is 5.72. The van der Waals surface area contributed by atoms with E-state index in [9.17, 15) is 9.59 Å². The van der Waals surface area contributed by atoms with Gasteiger partial charge in [-0.25, -0.2) is 9.59 Å². The minimum absolute atomic E-state index is 0.0340. The Morgan fingerprint density at radius 1 is 0.880 bits per heavy atom. The van der Waals surface area contributed by atoms with Crippen LogP contribution < -0.4 is 9.47 Å². The average Bonchev–Trinajstić information content (AvgIpc) is 2.61. The minimum Gasteiger partial charge on any atom is -0.487 e. The number of carbonyl (C=O) groups is 2. The first-order valence-electron chi connectivity index (χ1n) is 8.26. The molecule has 0 radical (unpaired) electrons. The maximum Gasteiger partial charge on any atom is 0.343 e. The zero-order chi connectivity index (χ0) is 18.2. The van der Waals surface area contributed by atoms with Crippen LogP contribution in [0, 0.1) is 0 Å². The van der Waals surface area contributed by atoms with Crippen LogP contribution in [0.4, 0.5) is 0 Å². The monoisotopic (exact) mass is 342 g/mol. The van der Waals surface area contributed by atoms with Gasteiger partial charge >= 0.3 is 11.9 Å². The normalized spacial score (nSPS) is 10.4. The molecule has 0 saturated carbocycles. The summed E-state index contributed by atoms with van der Waals surface area (Å²) in [6.45, 7) is 6.09. The van der Waals surface area contributed by atoms with Gasteiger partial charge in [-0.05, 0) is 56.7 Å². The molecular formula is C20H22O5. The van der Waals surface area contributed by atoms with Gasteiger partial charge in [0.1, 0.15) is 0 Å². The molecule has 0 fully saturated rings. The van der Waals surface area contributed by atoms with Gasteiger partial charge in [0.25, 0.3) is 0 Å². The summed E-state index contributed by atoms with van der Waals surface area (Å²) in [5, 5.41) is 0. The summed E-state index contributed by atoms with van der Waals surface area (Å²) in [4.78, 5) is 24.1. The largest absolute Gasteiger partial charge is 0.487 e. The lowest BCUT2D eigenvalue weighted by Gasteiger charge is -2.13. The van der Waals surface area contributed by atoms with Crippen LogP contribution in [0.25, 0.3) is 0 Å². The van der Waals surface area contributed by atoms with Crippen LogP contribution in [-0.2, 0) is 4.74 Å². The predicted molar refractivity (Wildman–Crippen MR) is 94.2 cm³/mol. The first-order valence-corrected chi connectivity index (χ1v) is 8.26. The van der Waals surface area contributed by atoms with Crippen molar-refractivity contribution in [2.45, 2.75) is 33.3 Å². The number of benzene rings is 2. The lowest BCUT2D eigenvalue weighted by atomic mass is 10.1. The molecule has 0 aliphatic carbocycles. The summed E-state index contributed by atoms with van der Waals surface area (Å²) in [5.74, 6) is -0.0658. The van der Waals surface area contributed by atoms with E-state index >= 15 is 0 Å².